The molecule has 0 spiro atoms. The molecule has 2 heterocycles. The summed E-state index contributed by atoms with van der Waals surface area (Å²) in [5.41, 5.74) is -0.111. The van der Waals surface area contributed by atoms with Crippen LogP contribution in [0, 0.1) is 0 Å². The van der Waals surface area contributed by atoms with Crippen molar-refractivity contribution in [3.8, 4) is 0 Å². The van der Waals surface area contributed by atoms with Crippen molar-refractivity contribution in [2.45, 2.75) is 39.2 Å². The van der Waals surface area contributed by atoms with E-state index in [4.69, 9.17) is 4.74 Å². The third-order valence-corrected chi connectivity index (χ3v) is 3.36. The second kappa shape index (κ2) is 5.53. The zero-order chi connectivity index (χ0) is 13.2. The summed E-state index contributed by atoms with van der Waals surface area (Å²) in [5.74, 6) is 1.91. The molecule has 1 saturated heterocycles. The lowest BCUT2D eigenvalue weighted by molar-refractivity contribution is -0.0279. The Hall–Kier alpha value is -0.680. The van der Waals surface area contributed by atoms with Gasteiger partial charge in [0.2, 0.25) is 0 Å². The minimum absolute atomic E-state index is 0.111. The second-order valence-electron chi connectivity index (χ2n) is 5.24. The molecule has 0 bridgehead atoms. The number of hydrogen-bond acceptors (Lipinski definition) is 4. The van der Waals surface area contributed by atoms with Gasteiger partial charge < -0.3 is 9.64 Å². The molecule has 100 valence electrons. The summed E-state index contributed by atoms with van der Waals surface area (Å²) in [7, 11) is 0. The normalized spacial score (nSPS) is 19.0. The van der Waals surface area contributed by atoms with Crippen molar-refractivity contribution in [3.05, 3.63) is 16.5 Å². The predicted octanol–water partition coefficient (Wildman–Crippen LogP) is 2.81. The highest BCUT2D eigenvalue weighted by Gasteiger charge is 2.28. The predicted molar refractivity (Wildman–Crippen MR) is 76.0 cm³/mol. The number of anilines is 1. The number of ether oxygens (including phenoxy) is 1. The van der Waals surface area contributed by atoms with E-state index in [9.17, 15) is 0 Å². The van der Waals surface area contributed by atoms with Gasteiger partial charge in [-0.1, -0.05) is 6.92 Å². The Morgan fingerprint density at radius 1 is 1.44 bits per heavy atom. The molecule has 0 atom stereocenters. The summed E-state index contributed by atoms with van der Waals surface area (Å²) < 4.78 is 6.59. The molecule has 0 aliphatic carbocycles. The molecule has 0 amide bonds. The average molecular weight is 314 g/mol. The number of hydrogen-bond donors (Lipinski definition) is 0. The first-order valence-electron chi connectivity index (χ1n) is 6.42. The average Bonchev–Trinajstić information content (AvgIpc) is 2.27. The number of aromatic nitrogens is 2. The number of morpholine rings is 1. The maximum atomic E-state index is 5.73. The van der Waals surface area contributed by atoms with Crippen LogP contribution < -0.4 is 4.90 Å². The third-order valence-electron chi connectivity index (χ3n) is 2.95. The summed E-state index contributed by atoms with van der Waals surface area (Å²) in [4.78, 5) is 11.3. The molecule has 0 radical (unpaired) electrons. The van der Waals surface area contributed by atoms with Crippen LogP contribution in [0.1, 0.15) is 33.0 Å². The molecule has 1 aliphatic rings. The smallest absolute Gasteiger partial charge is 0.133 e. The quantitative estimate of drug-likeness (QED) is 0.804. The highest BCUT2D eigenvalue weighted by atomic mass is 79.9. The van der Waals surface area contributed by atoms with Crippen molar-refractivity contribution in [1.82, 2.24) is 9.97 Å². The molecule has 0 saturated carbocycles. The van der Waals surface area contributed by atoms with E-state index in [1.54, 1.807) is 0 Å². The number of halogens is 1. The standard InChI is InChI=1S/C13H20BrN3O/c1-4-5-11-15-10(14)8-12(16-11)17-6-7-18-13(2,3)9-17/h8H,4-7,9H2,1-3H3. The van der Waals surface area contributed by atoms with E-state index in [2.05, 4.69) is 51.6 Å². The van der Waals surface area contributed by atoms with Gasteiger partial charge in [-0.25, -0.2) is 9.97 Å². The molecule has 0 N–H and O–H groups in total. The molecule has 18 heavy (non-hydrogen) atoms. The van der Waals surface area contributed by atoms with Crippen LogP contribution in [-0.4, -0.2) is 35.3 Å². The number of rotatable bonds is 3. The monoisotopic (exact) mass is 313 g/mol. The summed E-state index contributed by atoms with van der Waals surface area (Å²) in [6.07, 6.45) is 1.98. The zero-order valence-corrected chi connectivity index (χ0v) is 12.8. The largest absolute Gasteiger partial charge is 0.372 e. The van der Waals surface area contributed by atoms with Gasteiger partial charge in [0.15, 0.2) is 0 Å². The Morgan fingerprint density at radius 2 is 2.22 bits per heavy atom. The Balaban J connectivity index is 2.21. The van der Waals surface area contributed by atoms with E-state index in [1.165, 1.54) is 0 Å². The number of nitrogens with zero attached hydrogens (tertiary/aromatic N) is 3. The van der Waals surface area contributed by atoms with Crippen molar-refractivity contribution in [1.29, 1.82) is 0 Å². The molecule has 0 aromatic carbocycles. The van der Waals surface area contributed by atoms with Crippen LogP contribution >= 0.6 is 15.9 Å². The Labute approximate surface area is 117 Å². The summed E-state index contributed by atoms with van der Waals surface area (Å²) in [5, 5.41) is 0. The molecular formula is C13H20BrN3O. The van der Waals surface area contributed by atoms with E-state index in [1.807, 2.05) is 6.07 Å². The third kappa shape index (κ3) is 3.42. The maximum Gasteiger partial charge on any atom is 0.133 e. The van der Waals surface area contributed by atoms with Crippen LogP contribution in [0.2, 0.25) is 0 Å². The maximum absolute atomic E-state index is 5.73. The lowest BCUT2D eigenvalue weighted by atomic mass is 10.1. The van der Waals surface area contributed by atoms with Crippen LogP contribution in [0.3, 0.4) is 0 Å². The van der Waals surface area contributed by atoms with E-state index in [-0.39, 0.29) is 5.60 Å². The highest BCUT2D eigenvalue weighted by molar-refractivity contribution is 9.10. The fourth-order valence-corrected chi connectivity index (χ4v) is 2.57. The molecule has 5 heteroatoms. The topological polar surface area (TPSA) is 38.2 Å². The summed E-state index contributed by atoms with van der Waals surface area (Å²) >= 11 is 3.47. The first-order valence-corrected chi connectivity index (χ1v) is 7.22. The van der Waals surface area contributed by atoms with Crippen molar-refractivity contribution in [2.24, 2.45) is 0 Å². The van der Waals surface area contributed by atoms with Gasteiger partial charge in [-0.05, 0) is 36.2 Å². The first kappa shape index (κ1) is 13.7. The van der Waals surface area contributed by atoms with Gasteiger partial charge in [0.25, 0.3) is 0 Å². The Morgan fingerprint density at radius 3 is 2.89 bits per heavy atom. The molecule has 2 rings (SSSR count). The van der Waals surface area contributed by atoms with Gasteiger partial charge >= 0.3 is 0 Å². The van der Waals surface area contributed by atoms with Crippen LogP contribution in [0.4, 0.5) is 5.82 Å². The Bertz CT molecular complexity index is 423. The van der Waals surface area contributed by atoms with E-state index < -0.39 is 0 Å². The lowest BCUT2D eigenvalue weighted by Crippen LogP contribution is -2.48. The van der Waals surface area contributed by atoms with Gasteiger partial charge in [0, 0.05) is 25.6 Å². The van der Waals surface area contributed by atoms with Crippen LogP contribution in [0.25, 0.3) is 0 Å². The number of aryl methyl sites for hydroxylation is 1. The highest BCUT2D eigenvalue weighted by Crippen LogP contribution is 2.23. The molecule has 4 nitrogen and oxygen atoms in total. The van der Waals surface area contributed by atoms with E-state index in [0.717, 1.165) is 48.8 Å². The van der Waals surface area contributed by atoms with Gasteiger partial charge in [-0.3, -0.25) is 0 Å². The van der Waals surface area contributed by atoms with Crippen LogP contribution in [0.5, 0.6) is 0 Å². The summed E-state index contributed by atoms with van der Waals surface area (Å²) in [6.45, 7) is 8.87. The van der Waals surface area contributed by atoms with Crippen LogP contribution in [-0.2, 0) is 11.2 Å². The zero-order valence-electron chi connectivity index (χ0n) is 11.2. The minimum atomic E-state index is -0.111. The van der Waals surface area contributed by atoms with Crippen molar-refractivity contribution in [2.75, 3.05) is 24.6 Å². The fourth-order valence-electron chi connectivity index (χ4n) is 2.16. The molecule has 1 aromatic rings. The second-order valence-corrected chi connectivity index (χ2v) is 6.06. The van der Waals surface area contributed by atoms with Gasteiger partial charge in [-0.2, -0.15) is 0 Å². The fraction of sp³-hybridized carbons (Fsp3) is 0.692. The Kier molecular flexibility index (Phi) is 4.22. The summed E-state index contributed by atoms with van der Waals surface area (Å²) in [6, 6.07) is 1.99. The SMILES string of the molecule is CCCc1nc(Br)cc(N2CCOC(C)(C)C2)n1. The molecule has 1 aliphatic heterocycles. The first-order chi connectivity index (χ1) is 8.50. The molecule has 0 unspecified atom stereocenters. The van der Waals surface area contributed by atoms with Crippen molar-refractivity contribution in [3.63, 3.8) is 0 Å². The minimum Gasteiger partial charge on any atom is -0.372 e. The lowest BCUT2D eigenvalue weighted by Gasteiger charge is -2.38. The van der Waals surface area contributed by atoms with Gasteiger partial charge in [0.05, 0.1) is 12.2 Å². The molecular weight excluding hydrogens is 294 g/mol. The van der Waals surface area contributed by atoms with E-state index in [0.29, 0.717) is 0 Å². The van der Waals surface area contributed by atoms with Crippen molar-refractivity contribution < 1.29 is 4.74 Å². The van der Waals surface area contributed by atoms with Gasteiger partial charge in [0.1, 0.15) is 16.2 Å². The van der Waals surface area contributed by atoms with E-state index >= 15 is 0 Å². The van der Waals surface area contributed by atoms with Gasteiger partial charge in [-0.15, -0.1) is 0 Å². The van der Waals surface area contributed by atoms with Crippen molar-refractivity contribution >= 4 is 21.7 Å². The van der Waals surface area contributed by atoms with Crippen LogP contribution in [0.15, 0.2) is 10.7 Å². The molecule has 1 aromatic heterocycles. The molecule has 1 fully saturated rings.